The molecule has 1 N–H and O–H groups in total. The Morgan fingerprint density at radius 1 is 1.25 bits per heavy atom. The minimum atomic E-state index is 0.251. The minimum Gasteiger partial charge on any atom is -0.298 e. The first kappa shape index (κ1) is 13.2. The summed E-state index contributed by atoms with van der Waals surface area (Å²) in [5, 5.41) is 3.24. The van der Waals surface area contributed by atoms with Crippen LogP contribution in [0.4, 0.5) is 0 Å². The second kappa shape index (κ2) is 10.3. The maximum atomic E-state index is 4.68. The highest BCUT2D eigenvalue weighted by Crippen LogP contribution is 2.26. The van der Waals surface area contributed by atoms with Crippen LogP contribution in [0.1, 0.15) is 6.92 Å². The fourth-order valence-corrected chi connectivity index (χ4v) is 3.85. The topological polar surface area (TPSA) is 36.8 Å². The van der Waals surface area contributed by atoms with E-state index in [1.165, 1.54) is 0 Å². The van der Waals surface area contributed by atoms with Gasteiger partial charge < -0.3 is 0 Å². The van der Waals surface area contributed by atoms with Gasteiger partial charge in [0.05, 0.1) is 0 Å². The van der Waals surface area contributed by atoms with Gasteiger partial charge in [0.25, 0.3) is 0 Å². The van der Waals surface area contributed by atoms with Crippen LogP contribution in [0.15, 0.2) is 9.03 Å². The third kappa shape index (κ3) is 7.83. The normalized spacial score (nSPS) is 15.1. The van der Waals surface area contributed by atoms with Gasteiger partial charge in [-0.1, -0.05) is 6.92 Å². The molecule has 0 amide bonds. The van der Waals surface area contributed by atoms with Gasteiger partial charge in [-0.2, -0.15) is 9.03 Å². The first-order valence-corrected chi connectivity index (χ1v) is 8.58. The van der Waals surface area contributed by atoms with E-state index in [9.17, 15) is 0 Å². The van der Waals surface area contributed by atoms with Gasteiger partial charge in [-0.25, -0.2) is 0 Å². The van der Waals surface area contributed by atoms with Crippen molar-refractivity contribution in [3.8, 4) is 0 Å². The van der Waals surface area contributed by atoms with Crippen LogP contribution in [-0.2, 0) is 23.6 Å². The van der Waals surface area contributed by atoms with Crippen LogP contribution < -0.4 is 5.32 Å². The highest BCUT2D eigenvalue weighted by molar-refractivity contribution is 7.97. The Morgan fingerprint density at radius 2 is 1.75 bits per heavy atom. The molecule has 0 aromatic rings. The van der Waals surface area contributed by atoms with Crippen molar-refractivity contribution in [2.24, 2.45) is 9.03 Å². The van der Waals surface area contributed by atoms with Gasteiger partial charge in [0, 0.05) is 16.7 Å². The summed E-state index contributed by atoms with van der Waals surface area (Å²) >= 11 is 9.36. The Morgan fingerprint density at radius 3 is 2.08 bits per heavy atom. The molecule has 9 heteroatoms. The zero-order valence-electron chi connectivity index (χ0n) is 6.28. The summed E-state index contributed by atoms with van der Waals surface area (Å²) in [6.45, 7) is 2.97. The fraction of sp³-hybridized carbons (Fsp3) is 1.00. The monoisotopic (exact) mass is 273 g/mol. The molecule has 0 aliphatic heterocycles. The Bertz CT molecular complexity index is 178. The highest BCUT2D eigenvalue weighted by atomic mass is 32.4. The molecule has 0 heterocycles. The van der Waals surface area contributed by atoms with Crippen molar-refractivity contribution in [3.63, 3.8) is 0 Å². The van der Waals surface area contributed by atoms with Crippen molar-refractivity contribution in [2.75, 3.05) is 6.54 Å². The fourth-order valence-electron chi connectivity index (χ4n) is 0.427. The lowest BCUT2D eigenvalue weighted by Gasteiger charge is -2.02. The molecule has 0 fully saturated rings. The van der Waals surface area contributed by atoms with Crippen LogP contribution in [0.5, 0.6) is 0 Å². The van der Waals surface area contributed by atoms with E-state index in [-0.39, 0.29) is 5.52 Å². The molecular formula is C3H7N3P4S2. The number of nitrogens with one attached hydrogen (secondary N) is 1. The maximum absolute atomic E-state index is 4.68. The summed E-state index contributed by atoms with van der Waals surface area (Å²) in [5.41, 5.74) is 0.251. The molecule has 0 unspecified atom stereocenters. The predicted octanol–water partition coefficient (Wildman–Crippen LogP) is 3.79. The molecule has 0 radical (unpaired) electrons. The number of hydrogen-bond donors (Lipinski definition) is 1. The van der Waals surface area contributed by atoms with Crippen molar-refractivity contribution in [1.29, 1.82) is 0 Å². The smallest absolute Gasteiger partial charge is 0.128 e. The van der Waals surface area contributed by atoms with Gasteiger partial charge in [0.15, 0.2) is 0 Å². The van der Waals surface area contributed by atoms with Gasteiger partial charge >= 0.3 is 0 Å². The highest BCUT2D eigenvalue weighted by Gasteiger charge is 1.99. The quantitative estimate of drug-likeness (QED) is 0.748. The Labute approximate surface area is 88.7 Å². The lowest BCUT2D eigenvalue weighted by Crippen LogP contribution is -2.17. The first-order valence-electron chi connectivity index (χ1n) is 3.03. The largest absolute Gasteiger partial charge is 0.298 e. The third-order valence-electron chi connectivity index (χ3n) is 0.782. The van der Waals surface area contributed by atoms with Crippen LogP contribution in [0.25, 0.3) is 0 Å². The maximum Gasteiger partial charge on any atom is 0.128 e. The van der Waals surface area contributed by atoms with Gasteiger partial charge in [-0.3, -0.25) is 5.32 Å². The van der Waals surface area contributed by atoms with E-state index in [2.05, 4.69) is 44.9 Å². The Hall–Kier alpha value is 1.20. The summed E-state index contributed by atoms with van der Waals surface area (Å²) in [6, 6.07) is 0. The Balaban J connectivity index is 4.01. The molecule has 0 saturated carbocycles. The number of rotatable bonds is 6. The summed E-state index contributed by atoms with van der Waals surface area (Å²) in [7, 11) is 3.22. The summed E-state index contributed by atoms with van der Waals surface area (Å²) in [4.78, 5) is 0. The summed E-state index contributed by atoms with van der Waals surface area (Å²) < 4.78 is 8.07. The third-order valence-corrected chi connectivity index (χ3v) is 4.93. The van der Waals surface area contributed by atoms with Crippen LogP contribution in [-0.4, -0.2) is 12.1 Å². The number of hydrogen-bond acceptors (Lipinski definition) is 3. The molecule has 0 spiro atoms. The predicted molar refractivity (Wildman–Crippen MR) is 64.7 cm³/mol. The van der Waals surface area contributed by atoms with Gasteiger partial charge in [-0.15, -0.1) is 0 Å². The molecule has 3 nitrogen and oxygen atoms in total. The van der Waals surface area contributed by atoms with Crippen molar-refractivity contribution >= 4 is 55.4 Å². The molecule has 12 heavy (non-hydrogen) atoms. The van der Waals surface area contributed by atoms with E-state index >= 15 is 0 Å². The molecule has 0 rings (SSSR count). The molecule has 0 saturated heterocycles. The van der Waals surface area contributed by atoms with Crippen LogP contribution in [0, 0.1) is 0 Å². The SMILES string of the molecule is CCNC(P=NP=S)P=NP=S. The molecule has 0 aromatic heterocycles. The molecule has 0 aromatic carbocycles. The van der Waals surface area contributed by atoms with Crippen LogP contribution in [0.3, 0.4) is 0 Å². The van der Waals surface area contributed by atoms with Gasteiger partial charge in [0.1, 0.15) is 20.5 Å². The number of nitrogens with zero attached hydrogens (tertiary/aromatic N) is 2. The van der Waals surface area contributed by atoms with Crippen molar-refractivity contribution < 1.29 is 0 Å². The minimum absolute atomic E-state index is 0.251. The average Bonchev–Trinajstić information content (AvgIpc) is 2.10. The molecule has 0 aliphatic rings. The molecule has 0 aliphatic carbocycles. The molecule has 66 valence electrons. The average molecular weight is 273 g/mol. The van der Waals surface area contributed by atoms with Crippen molar-refractivity contribution in [3.05, 3.63) is 0 Å². The van der Waals surface area contributed by atoms with Crippen molar-refractivity contribution in [1.82, 2.24) is 5.32 Å². The van der Waals surface area contributed by atoms with Gasteiger partial charge in [0.2, 0.25) is 0 Å². The Kier molecular flexibility index (Phi) is 11.3. The molecule has 0 atom stereocenters. The van der Waals surface area contributed by atoms with Crippen LogP contribution >= 0.6 is 31.8 Å². The van der Waals surface area contributed by atoms with Crippen LogP contribution in [0.2, 0.25) is 0 Å². The standard InChI is InChI=1S/C3H7N3P4S2/c1-2-4-3(7-5-9-11)8-6-10-12/h3-4H,2H2,1H3. The van der Waals surface area contributed by atoms with E-state index in [0.29, 0.717) is 15.0 Å². The van der Waals surface area contributed by atoms with E-state index in [4.69, 9.17) is 0 Å². The lowest BCUT2D eigenvalue weighted by atomic mass is 10.8. The first-order chi connectivity index (χ1) is 5.85. The van der Waals surface area contributed by atoms with Gasteiger partial charge in [-0.05, 0) is 30.2 Å². The molecular weight excluding hydrogens is 266 g/mol. The van der Waals surface area contributed by atoms with E-state index in [1.807, 2.05) is 0 Å². The second-order valence-electron chi connectivity index (χ2n) is 1.50. The van der Waals surface area contributed by atoms with Crippen molar-refractivity contribution in [2.45, 2.75) is 12.4 Å². The zero-order chi connectivity index (χ0) is 9.23. The van der Waals surface area contributed by atoms with E-state index in [0.717, 1.165) is 23.3 Å². The lowest BCUT2D eigenvalue weighted by molar-refractivity contribution is 0.805. The zero-order valence-corrected chi connectivity index (χ0v) is 11.5. The second-order valence-corrected chi connectivity index (χ2v) is 6.14. The molecule has 0 bridgehead atoms. The summed E-state index contributed by atoms with van der Waals surface area (Å²) in [6.07, 6.45) is 0. The van der Waals surface area contributed by atoms with E-state index < -0.39 is 0 Å². The van der Waals surface area contributed by atoms with E-state index in [1.54, 1.807) is 0 Å². The summed E-state index contributed by atoms with van der Waals surface area (Å²) in [5.74, 6) is 0.